The maximum absolute atomic E-state index is 15.9. The highest BCUT2D eigenvalue weighted by Gasteiger charge is 2.39. The van der Waals surface area contributed by atoms with Gasteiger partial charge in [-0.15, -0.1) is 0 Å². The summed E-state index contributed by atoms with van der Waals surface area (Å²) in [4.78, 5) is 53.0. The molecule has 5 heterocycles. The monoisotopic (exact) mass is 692 g/mol. The van der Waals surface area contributed by atoms with Crippen LogP contribution >= 0.6 is 0 Å². The van der Waals surface area contributed by atoms with E-state index in [0.717, 1.165) is 12.0 Å². The van der Waals surface area contributed by atoms with Crippen LogP contribution in [-0.2, 0) is 28.5 Å². The van der Waals surface area contributed by atoms with Crippen LogP contribution in [0.25, 0.3) is 17.2 Å². The Morgan fingerprint density at radius 2 is 1.88 bits per heavy atom. The van der Waals surface area contributed by atoms with Crippen LogP contribution in [-0.4, -0.2) is 71.2 Å². The zero-order valence-electron chi connectivity index (χ0n) is 29.5. The molecule has 0 spiro atoms. The Morgan fingerprint density at radius 1 is 1.10 bits per heavy atom. The van der Waals surface area contributed by atoms with Crippen LogP contribution in [0.1, 0.15) is 64.6 Å². The summed E-state index contributed by atoms with van der Waals surface area (Å²) >= 11 is 0. The Labute approximate surface area is 295 Å². The second kappa shape index (κ2) is 13.5. The van der Waals surface area contributed by atoms with Crippen LogP contribution in [0.3, 0.4) is 0 Å². The quantitative estimate of drug-likeness (QED) is 0.262. The predicted octanol–water partition coefficient (Wildman–Crippen LogP) is 5.71. The third kappa shape index (κ3) is 6.81. The first-order valence-corrected chi connectivity index (χ1v) is 17.1. The van der Waals surface area contributed by atoms with Gasteiger partial charge in [0.25, 0.3) is 17.4 Å². The smallest absolute Gasteiger partial charge is 0.274 e. The van der Waals surface area contributed by atoms with Gasteiger partial charge in [0, 0.05) is 69.4 Å². The number of hydrogen-bond acceptors (Lipinski definition) is 8. The Balaban J connectivity index is 1.24. The lowest BCUT2D eigenvalue weighted by Gasteiger charge is -2.28. The zero-order chi connectivity index (χ0) is 36.0. The fourth-order valence-corrected chi connectivity index (χ4v) is 6.71. The number of carbonyl (C=O) groups is 2. The fourth-order valence-electron chi connectivity index (χ4n) is 6.71. The minimum Gasteiger partial charge on any atom is -0.380 e. The van der Waals surface area contributed by atoms with E-state index in [1.165, 1.54) is 22.4 Å². The molecule has 12 heteroatoms. The number of ether oxygens (including phenoxy) is 2. The topological polar surface area (TPSA) is 119 Å². The highest BCUT2D eigenvalue weighted by atomic mass is 19.1. The van der Waals surface area contributed by atoms with Gasteiger partial charge < -0.3 is 24.3 Å². The minimum absolute atomic E-state index is 0.0233. The molecule has 7 rings (SSSR count). The molecular formula is C39H41FN6O5. The van der Waals surface area contributed by atoms with Crippen molar-refractivity contribution < 1.29 is 23.5 Å². The average molecular weight is 693 g/mol. The second-order valence-electron chi connectivity index (χ2n) is 14.3. The highest BCUT2D eigenvalue weighted by molar-refractivity contribution is 6.09. The second-order valence-corrected chi connectivity index (χ2v) is 14.3. The van der Waals surface area contributed by atoms with E-state index < -0.39 is 11.7 Å². The summed E-state index contributed by atoms with van der Waals surface area (Å²) in [5.41, 5.74) is 4.71. The number of anilines is 3. The summed E-state index contributed by atoms with van der Waals surface area (Å²) < 4.78 is 28.4. The molecule has 1 atom stereocenters. The molecule has 2 amide bonds. The first-order valence-electron chi connectivity index (χ1n) is 17.1. The normalized spacial score (nSPS) is 18.3. The van der Waals surface area contributed by atoms with Crippen molar-refractivity contribution in [3.63, 3.8) is 0 Å². The van der Waals surface area contributed by atoms with Crippen molar-refractivity contribution in [2.45, 2.75) is 39.2 Å². The number of fused-ring (bicyclic) bond motifs is 2. The Morgan fingerprint density at radius 3 is 2.59 bits per heavy atom. The Kier molecular flexibility index (Phi) is 9.07. The van der Waals surface area contributed by atoms with Crippen molar-refractivity contribution in [3.05, 3.63) is 105 Å². The summed E-state index contributed by atoms with van der Waals surface area (Å²) in [7, 11) is 3.22. The van der Waals surface area contributed by atoms with Crippen molar-refractivity contribution in [2.75, 3.05) is 50.2 Å². The molecule has 51 heavy (non-hydrogen) atoms. The molecule has 2 fully saturated rings. The highest BCUT2D eigenvalue weighted by Crippen LogP contribution is 2.44. The zero-order valence-corrected chi connectivity index (χ0v) is 29.5. The molecule has 11 nitrogen and oxygen atoms in total. The standard InChI is InChI=1S/C39H41FN6O5/c1-39(2,3)28-16-25-14-24-15-26(24)21-46(38(49)34(25)31(40)18-28)35-30(22-50-5)29(8-9-41-35)27-17-32(37(48)44(4)20-27)43-33-7-6-23(19-42-33)36(47)45-10-12-51-13-11-45/h6-9,14,16-20,26H,10-13,15,21-22H2,1-5H3,(H,42,43)/b24-14+. The average Bonchev–Trinajstić information content (AvgIpc) is 3.84. The molecule has 3 aromatic heterocycles. The number of halogens is 1. The molecular weight excluding hydrogens is 651 g/mol. The van der Waals surface area contributed by atoms with Crippen molar-refractivity contribution in [2.24, 2.45) is 13.0 Å². The van der Waals surface area contributed by atoms with Crippen LogP contribution in [0.15, 0.2) is 65.4 Å². The summed E-state index contributed by atoms with van der Waals surface area (Å²) in [6.07, 6.45) is 7.60. The molecule has 1 aromatic carbocycles. The van der Waals surface area contributed by atoms with Crippen LogP contribution in [0.4, 0.5) is 21.7 Å². The van der Waals surface area contributed by atoms with E-state index in [4.69, 9.17) is 9.47 Å². The number of hydrogen-bond donors (Lipinski definition) is 1. The van der Waals surface area contributed by atoms with Crippen molar-refractivity contribution in [3.8, 4) is 11.1 Å². The molecule has 3 aliphatic rings. The Hall–Kier alpha value is -5.20. The fraction of sp³-hybridized carbons (Fsp3) is 0.359. The SMILES string of the molecule is COCc1c(-c2cc(Nc3ccc(C(=O)N4CCOCC4)cn3)c(=O)n(C)c2)ccnc1N1CC2C/C2=C\c2cc(C(C)(C)C)cc(F)c2C1=O. The lowest BCUT2D eigenvalue weighted by atomic mass is 9.84. The molecule has 0 bridgehead atoms. The van der Waals surface area contributed by atoms with Crippen LogP contribution < -0.4 is 15.8 Å². The number of methoxy groups -OCH3 is 1. The maximum Gasteiger partial charge on any atom is 0.274 e. The van der Waals surface area contributed by atoms with Gasteiger partial charge in [0.2, 0.25) is 0 Å². The molecule has 4 aromatic rings. The number of carbonyl (C=O) groups excluding carboxylic acids is 2. The van der Waals surface area contributed by atoms with Gasteiger partial charge in [-0.1, -0.05) is 38.5 Å². The van der Waals surface area contributed by atoms with Crippen LogP contribution in [0.5, 0.6) is 0 Å². The van der Waals surface area contributed by atoms with Crippen molar-refractivity contribution in [1.29, 1.82) is 0 Å². The lowest BCUT2D eigenvalue weighted by molar-refractivity contribution is 0.0302. The molecule has 1 aliphatic carbocycles. The summed E-state index contributed by atoms with van der Waals surface area (Å²) in [5.74, 6) is -0.234. The van der Waals surface area contributed by atoms with Gasteiger partial charge in [0.1, 0.15) is 23.1 Å². The van der Waals surface area contributed by atoms with E-state index in [-0.39, 0.29) is 40.7 Å². The molecule has 2 aliphatic heterocycles. The number of amides is 2. The predicted molar refractivity (Wildman–Crippen MR) is 193 cm³/mol. The van der Waals surface area contributed by atoms with Gasteiger partial charge in [-0.05, 0) is 58.9 Å². The van der Waals surface area contributed by atoms with Crippen LogP contribution in [0, 0.1) is 11.7 Å². The van der Waals surface area contributed by atoms with Gasteiger partial charge in [0.15, 0.2) is 0 Å². The number of benzene rings is 1. The van der Waals surface area contributed by atoms with Crippen molar-refractivity contribution >= 4 is 35.2 Å². The van der Waals surface area contributed by atoms with Crippen LogP contribution in [0.2, 0.25) is 0 Å². The molecule has 1 N–H and O–H groups in total. The Bertz CT molecular complexity index is 2110. The van der Waals surface area contributed by atoms with Gasteiger partial charge in [-0.25, -0.2) is 14.4 Å². The third-order valence-corrected chi connectivity index (χ3v) is 9.68. The maximum atomic E-state index is 15.9. The molecule has 0 radical (unpaired) electrons. The van der Waals surface area contributed by atoms with E-state index in [1.807, 2.05) is 39.0 Å². The van der Waals surface area contributed by atoms with E-state index in [9.17, 15) is 14.4 Å². The van der Waals surface area contributed by atoms with E-state index in [0.29, 0.717) is 72.3 Å². The van der Waals surface area contributed by atoms with E-state index in [2.05, 4.69) is 15.3 Å². The summed E-state index contributed by atoms with van der Waals surface area (Å²) in [5, 5.41) is 3.12. The first-order chi connectivity index (χ1) is 24.4. The number of morpholine rings is 1. The van der Waals surface area contributed by atoms with Gasteiger partial charge in [-0.3, -0.25) is 19.3 Å². The number of pyridine rings is 3. The number of aromatic nitrogens is 3. The number of nitrogens with one attached hydrogen (secondary N) is 1. The molecule has 1 saturated carbocycles. The van der Waals surface area contributed by atoms with Crippen molar-refractivity contribution in [1.82, 2.24) is 19.4 Å². The number of nitrogens with zero attached hydrogens (tertiary/aromatic N) is 5. The number of rotatable bonds is 7. The van der Waals surface area contributed by atoms with E-state index in [1.54, 1.807) is 54.6 Å². The van der Waals surface area contributed by atoms with Gasteiger partial charge in [0.05, 0.1) is 30.9 Å². The van der Waals surface area contributed by atoms with Gasteiger partial charge >= 0.3 is 0 Å². The molecule has 1 saturated heterocycles. The molecule has 1 unspecified atom stereocenters. The summed E-state index contributed by atoms with van der Waals surface area (Å²) in [6.45, 7) is 8.58. The first kappa shape index (κ1) is 34.3. The van der Waals surface area contributed by atoms with Gasteiger partial charge in [-0.2, -0.15) is 0 Å². The third-order valence-electron chi connectivity index (χ3n) is 9.68. The molecule has 264 valence electrons. The lowest BCUT2D eigenvalue weighted by Crippen LogP contribution is -2.40. The number of aryl methyl sites for hydroxylation is 1. The largest absolute Gasteiger partial charge is 0.380 e. The van der Waals surface area contributed by atoms with E-state index >= 15 is 4.39 Å². The minimum atomic E-state index is -0.561. The summed E-state index contributed by atoms with van der Waals surface area (Å²) in [6, 6.07) is 10.3.